The van der Waals surface area contributed by atoms with Crippen molar-refractivity contribution in [2.24, 2.45) is 0 Å². The fourth-order valence-corrected chi connectivity index (χ4v) is 1.51. The lowest BCUT2D eigenvalue weighted by molar-refractivity contribution is 0.583. The molecule has 0 aliphatic heterocycles. The minimum atomic E-state index is -0.873. The highest BCUT2D eigenvalue weighted by atomic mass is 19.1. The van der Waals surface area contributed by atoms with E-state index in [1.54, 1.807) is 0 Å². The van der Waals surface area contributed by atoms with Crippen LogP contribution in [0.15, 0.2) is 36.4 Å². The van der Waals surface area contributed by atoms with Crippen molar-refractivity contribution in [1.29, 1.82) is 0 Å². The van der Waals surface area contributed by atoms with Crippen LogP contribution in [0.4, 0.5) is 18.9 Å². The summed E-state index contributed by atoms with van der Waals surface area (Å²) in [4.78, 5) is 0. The summed E-state index contributed by atoms with van der Waals surface area (Å²) in [6, 6.07) is 7.34. The molecule has 0 saturated heterocycles. The number of nitrogen functional groups attached to an aromatic ring is 1. The molecule has 0 atom stereocenters. The van der Waals surface area contributed by atoms with Crippen LogP contribution in [0.3, 0.4) is 0 Å². The molecule has 0 unspecified atom stereocenters. The summed E-state index contributed by atoms with van der Waals surface area (Å²) in [7, 11) is 0. The summed E-state index contributed by atoms with van der Waals surface area (Å²) < 4.78 is 40.4. The quantitative estimate of drug-likeness (QED) is 0.737. The average molecular weight is 223 g/mol. The van der Waals surface area contributed by atoms with Crippen LogP contribution < -0.4 is 5.73 Å². The van der Waals surface area contributed by atoms with Gasteiger partial charge in [-0.05, 0) is 18.2 Å². The van der Waals surface area contributed by atoms with Crippen molar-refractivity contribution in [3.8, 4) is 11.1 Å². The molecule has 0 aromatic heterocycles. The van der Waals surface area contributed by atoms with Crippen molar-refractivity contribution < 1.29 is 13.2 Å². The van der Waals surface area contributed by atoms with Crippen LogP contribution in [-0.4, -0.2) is 0 Å². The van der Waals surface area contributed by atoms with E-state index in [2.05, 4.69) is 0 Å². The number of anilines is 1. The molecule has 1 nitrogen and oxygen atoms in total. The van der Waals surface area contributed by atoms with Gasteiger partial charge in [-0.25, -0.2) is 13.2 Å². The van der Waals surface area contributed by atoms with Crippen LogP contribution in [0.1, 0.15) is 0 Å². The lowest BCUT2D eigenvalue weighted by Crippen LogP contribution is -1.96. The summed E-state index contributed by atoms with van der Waals surface area (Å²) >= 11 is 0. The second-order valence-corrected chi connectivity index (χ2v) is 3.34. The molecule has 0 spiro atoms. The molecule has 0 aliphatic rings. The lowest BCUT2D eigenvalue weighted by Gasteiger charge is -2.07. The molecule has 0 heterocycles. The Kier molecular flexibility index (Phi) is 2.56. The molecule has 2 aromatic carbocycles. The molecule has 0 saturated carbocycles. The van der Waals surface area contributed by atoms with Crippen LogP contribution in [0, 0.1) is 17.5 Å². The van der Waals surface area contributed by atoms with Crippen molar-refractivity contribution in [3.63, 3.8) is 0 Å². The fraction of sp³-hybridized carbons (Fsp3) is 0. The molecular formula is C12H8F3N. The Bertz CT molecular complexity index is 515. The van der Waals surface area contributed by atoms with Crippen molar-refractivity contribution in [3.05, 3.63) is 53.8 Å². The van der Waals surface area contributed by atoms with E-state index in [0.717, 1.165) is 18.2 Å². The van der Waals surface area contributed by atoms with E-state index in [4.69, 9.17) is 5.73 Å². The van der Waals surface area contributed by atoms with E-state index in [-0.39, 0.29) is 11.3 Å². The van der Waals surface area contributed by atoms with Crippen molar-refractivity contribution in [1.82, 2.24) is 0 Å². The smallest absolute Gasteiger partial charge is 0.136 e. The van der Waals surface area contributed by atoms with Gasteiger partial charge >= 0.3 is 0 Å². The number of rotatable bonds is 1. The summed E-state index contributed by atoms with van der Waals surface area (Å²) in [5.74, 6) is -2.42. The van der Waals surface area contributed by atoms with Crippen LogP contribution in [0.25, 0.3) is 11.1 Å². The maximum atomic E-state index is 13.5. The first-order chi connectivity index (χ1) is 7.59. The fourth-order valence-electron chi connectivity index (χ4n) is 1.51. The first-order valence-electron chi connectivity index (χ1n) is 4.59. The van der Waals surface area contributed by atoms with Crippen LogP contribution in [0.2, 0.25) is 0 Å². The van der Waals surface area contributed by atoms with Crippen LogP contribution >= 0.6 is 0 Å². The SMILES string of the molecule is Nc1cc(F)c(-c2ccccc2F)c(F)c1. The molecule has 0 aliphatic carbocycles. The lowest BCUT2D eigenvalue weighted by atomic mass is 10.0. The van der Waals surface area contributed by atoms with Crippen molar-refractivity contribution >= 4 is 5.69 Å². The molecule has 0 radical (unpaired) electrons. The van der Waals surface area contributed by atoms with Gasteiger partial charge in [0.15, 0.2) is 0 Å². The van der Waals surface area contributed by atoms with Gasteiger partial charge in [0.1, 0.15) is 17.5 Å². The third-order valence-electron chi connectivity index (χ3n) is 2.21. The summed E-state index contributed by atoms with van der Waals surface area (Å²) in [5, 5.41) is 0. The normalized spacial score (nSPS) is 10.4. The Morgan fingerprint density at radius 3 is 1.94 bits per heavy atom. The van der Waals surface area contributed by atoms with E-state index in [1.165, 1.54) is 18.2 Å². The molecule has 0 fully saturated rings. The molecular weight excluding hydrogens is 215 g/mol. The zero-order valence-corrected chi connectivity index (χ0v) is 8.18. The third-order valence-corrected chi connectivity index (χ3v) is 2.21. The van der Waals surface area contributed by atoms with E-state index < -0.39 is 23.0 Å². The first-order valence-corrected chi connectivity index (χ1v) is 4.59. The minimum Gasteiger partial charge on any atom is -0.399 e. The second-order valence-electron chi connectivity index (χ2n) is 3.34. The average Bonchev–Trinajstić information content (AvgIpc) is 2.19. The third kappa shape index (κ3) is 1.74. The number of hydrogen-bond donors (Lipinski definition) is 1. The van der Waals surface area contributed by atoms with Gasteiger partial charge in [-0.2, -0.15) is 0 Å². The topological polar surface area (TPSA) is 26.0 Å². The summed E-state index contributed by atoms with van der Waals surface area (Å²) in [5.41, 5.74) is 4.73. The van der Waals surface area contributed by atoms with Crippen LogP contribution in [-0.2, 0) is 0 Å². The Hall–Kier alpha value is -1.97. The molecule has 0 bridgehead atoms. The molecule has 4 heteroatoms. The van der Waals surface area contributed by atoms with Gasteiger partial charge in [-0.1, -0.05) is 18.2 Å². The van der Waals surface area contributed by atoms with E-state index in [9.17, 15) is 13.2 Å². The van der Waals surface area contributed by atoms with Crippen LogP contribution in [0.5, 0.6) is 0 Å². The highest BCUT2D eigenvalue weighted by Gasteiger charge is 2.15. The monoisotopic (exact) mass is 223 g/mol. The molecule has 2 N–H and O–H groups in total. The highest BCUT2D eigenvalue weighted by Crippen LogP contribution is 2.29. The largest absolute Gasteiger partial charge is 0.399 e. The highest BCUT2D eigenvalue weighted by molar-refractivity contribution is 5.67. The summed E-state index contributed by atoms with van der Waals surface area (Å²) in [6.07, 6.45) is 0. The molecule has 2 aromatic rings. The van der Waals surface area contributed by atoms with Crippen molar-refractivity contribution in [2.75, 3.05) is 5.73 Å². The Morgan fingerprint density at radius 2 is 1.38 bits per heavy atom. The first kappa shape index (κ1) is 10.5. The van der Waals surface area contributed by atoms with E-state index in [1.807, 2.05) is 0 Å². The number of hydrogen-bond acceptors (Lipinski definition) is 1. The molecule has 82 valence electrons. The van der Waals surface area contributed by atoms with Gasteiger partial charge in [-0.15, -0.1) is 0 Å². The predicted octanol–water partition coefficient (Wildman–Crippen LogP) is 3.35. The molecule has 0 amide bonds. The number of nitrogens with two attached hydrogens (primary N) is 1. The standard InChI is InChI=1S/C12H8F3N/c13-9-4-2-1-3-8(9)12-10(14)5-7(16)6-11(12)15/h1-6H,16H2. The van der Waals surface area contributed by atoms with E-state index in [0.29, 0.717) is 0 Å². The van der Waals surface area contributed by atoms with Crippen molar-refractivity contribution in [2.45, 2.75) is 0 Å². The summed E-state index contributed by atoms with van der Waals surface area (Å²) in [6.45, 7) is 0. The van der Waals surface area contributed by atoms with Gasteiger partial charge in [0, 0.05) is 11.3 Å². The number of benzene rings is 2. The Labute approximate surface area is 90.3 Å². The predicted molar refractivity (Wildman–Crippen MR) is 56.2 cm³/mol. The van der Waals surface area contributed by atoms with Gasteiger partial charge in [0.2, 0.25) is 0 Å². The van der Waals surface area contributed by atoms with Gasteiger partial charge < -0.3 is 5.73 Å². The maximum Gasteiger partial charge on any atom is 0.136 e. The molecule has 16 heavy (non-hydrogen) atoms. The number of halogens is 3. The Morgan fingerprint density at radius 1 is 0.812 bits per heavy atom. The van der Waals surface area contributed by atoms with Gasteiger partial charge in [0.05, 0.1) is 5.56 Å². The zero-order chi connectivity index (χ0) is 11.7. The Balaban J connectivity index is 2.70. The second kappa shape index (κ2) is 3.89. The van der Waals surface area contributed by atoms with E-state index >= 15 is 0 Å². The van der Waals surface area contributed by atoms with Gasteiger partial charge in [0.25, 0.3) is 0 Å². The zero-order valence-electron chi connectivity index (χ0n) is 8.18. The maximum absolute atomic E-state index is 13.5. The minimum absolute atomic E-state index is 0.0323. The molecule has 2 rings (SSSR count). The van der Waals surface area contributed by atoms with Gasteiger partial charge in [-0.3, -0.25) is 0 Å².